The standard InChI is InChI=1S/C28H40N2O6/c1-17(2)13-23(29-27(33)19-9-7-11-21(15-19)35-5)25(31)26(32)24(14-18(3)4)30-28(34)20-10-8-12-22(16-20)36-6/h7-12,15-18,23-26,31-32H,13-14H2,1-6H3,(H,29,33)(H,30,34)/t23-,24-,25+,26+/m0/s1. The van der Waals surface area contributed by atoms with Crippen LogP contribution in [0.1, 0.15) is 61.3 Å². The van der Waals surface area contributed by atoms with E-state index in [1.807, 2.05) is 27.7 Å². The van der Waals surface area contributed by atoms with E-state index in [2.05, 4.69) is 10.6 Å². The van der Waals surface area contributed by atoms with Gasteiger partial charge < -0.3 is 30.3 Å². The van der Waals surface area contributed by atoms with Gasteiger partial charge in [0.05, 0.1) is 26.3 Å². The second kappa shape index (κ2) is 13.8. The molecule has 0 fully saturated rings. The van der Waals surface area contributed by atoms with Gasteiger partial charge in [0.25, 0.3) is 11.8 Å². The van der Waals surface area contributed by atoms with Crippen LogP contribution in [-0.4, -0.2) is 60.5 Å². The Kier molecular flexibility index (Phi) is 11.2. The third kappa shape index (κ3) is 8.53. The van der Waals surface area contributed by atoms with E-state index in [9.17, 15) is 19.8 Å². The molecule has 0 aliphatic carbocycles. The third-order valence-corrected chi connectivity index (χ3v) is 5.92. The Bertz CT molecular complexity index is 914. The quantitative estimate of drug-likeness (QED) is 0.335. The number of nitrogens with one attached hydrogen (secondary N) is 2. The van der Waals surface area contributed by atoms with Crippen molar-refractivity contribution in [1.82, 2.24) is 10.6 Å². The minimum atomic E-state index is -1.31. The maximum absolute atomic E-state index is 13.0. The number of amides is 2. The average molecular weight is 501 g/mol. The molecular weight excluding hydrogens is 460 g/mol. The predicted molar refractivity (Wildman–Crippen MR) is 139 cm³/mol. The summed E-state index contributed by atoms with van der Waals surface area (Å²) >= 11 is 0. The fourth-order valence-electron chi connectivity index (χ4n) is 4.09. The van der Waals surface area contributed by atoms with Crippen molar-refractivity contribution >= 4 is 11.8 Å². The minimum Gasteiger partial charge on any atom is -0.497 e. The maximum Gasteiger partial charge on any atom is 0.251 e. The predicted octanol–water partition coefficient (Wildman–Crippen LogP) is 3.41. The van der Waals surface area contributed by atoms with Gasteiger partial charge in [-0.1, -0.05) is 39.8 Å². The highest BCUT2D eigenvalue weighted by molar-refractivity contribution is 5.95. The molecule has 0 bridgehead atoms. The molecule has 8 nitrogen and oxygen atoms in total. The molecule has 0 saturated heterocycles. The van der Waals surface area contributed by atoms with E-state index in [-0.39, 0.29) is 23.7 Å². The number of carbonyl (C=O) groups is 2. The maximum atomic E-state index is 13.0. The normalized spacial score (nSPS) is 14.6. The van der Waals surface area contributed by atoms with Gasteiger partial charge in [0.1, 0.15) is 23.7 Å². The van der Waals surface area contributed by atoms with Crippen LogP contribution in [0.15, 0.2) is 48.5 Å². The number of carbonyl (C=O) groups excluding carboxylic acids is 2. The summed E-state index contributed by atoms with van der Waals surface area (Å²) in [6.07, 6.45) is -1.74. The Balaban J connectivity index is 2.23. The van der Waals surface area contributed by atoms with Gasteiger partial charge in [-0.3, -0.25) is 9.59 Å². The fraction of sp³-hybridized carbons (Fsp3) is 0.500. The van der Waals surface area contributed by atoms with Crippen molar-refractivity contribution < 1.29 is 29.3 Å². The summed E-state index contributed by atoms with van der Waals surface area (Å²) in [5.74, 6) is 0.592. The number of aliphatic hydroxyl groups is 2. The Morgan fingerprint density at radius 3 is 1.39 bits per heavy atom. The van der Waals surface area contributed by atoms with Crippen LogP contribution in [0.2, 0.25) is 0 Å². The molecule has 2 aromatic rings. The van der Waals surface area contributed by atoms with Crippen molar-refractivity contribution in [2.75, 3.05) is 14.2 Å². The number of aliphatic hydroxyl groups excluding tert-OH is 2. The van der Waals surface area contributed by atoms with E-state index in [1.54, 1.807) is 48.5 Å². The van der Waals surface area contributed by atoms with Gasteiger partial charge in [-0.2, -0.15) is 0 Å². The third-order valence-electron chi connectivity index (χ3n) is 5.92. The molecule has 4 N–H and O–H groups in total. The summed E-state index contributed by atoms with van der Waals surface area (Å²) in [6.45, 7) is 7.89. The van der Waals surface area contributed by atoms with E-state index in [0.29, 0.717) is 35.5 Å². The first kappa shape index (κ1) is 29.1. The number of rotatable bonds is 13. The van der Waals surface area contributed by atoms with Crippen LogP contribution in [-0.2, 0) is 0 Å². The SMILES string of the molecule is COc1cccc(C(=O)N[C@@H](CC(C)C)[C@@H](O)[C@H](O)[C@H](CC(C)C)NC(=O)c2cccc(OC)c2)c1. The van der Waals surface area contributed by atoms with Crippen molar-refractivity contribution in [1.29, 1.82) is 0 Å². The smallest absolute Gasteiger partial charge is 0.251 e. The van der Waals surface area contributed by atoms with Gasteiger partial charge in [0.15, 0.2) is 0 Å². The number of hydrogen-bond acceptors (Lipinski definition) is 6. The molecule has 4 atom stereocenters. The lowest BCUT2D eigenvalue weighted by atomic mass is 9.89. The van der Waals surface area contributed by atoms with Crippen LogP contribution in [0.4, 0.5) is 0 Å². The van der Waals surface area contributed by atoms with Crippen LogP contribution >= 0.6 is 0 Å². The highest BCUT2D eigenvalue weighted by atomic mass is 16.5. The van der Waals surface area contributed by atoms with Gasteiger partial charge in [-0.25, -0.2) is 0 Å². The molecule has 0 radical (unpaired) electrons. The van der Waals surface area contributed by atoms with Gasteiger partial charge >= 0.3 is 0 Å². The van der Waals surface area contributed by atoms with Gasteiger partial charge in [-0.05, 0) is 61.1 Å². The largest absolute Gasteiger partial charge is 0.497 e. The molecule has 198 valence electrons. The lowest BCUT2D eigenvalue weighted by molar-refractivity contribution is -0.0287. The summed E-state index contributed by atoms with van der Waals surface area (Å²) in [4.78, 5) is 25.9. The molecule has 0 unspecified atom stereocenters. The lowest BCUT2D eigenvalue weighted by Gasteiger charge is -2.34. The zero-order valence-electron chi connectivity index (χ0n) is 22.0. The highest BCUT2D eigenvalue weighted by Crippen LogP contribution is 2.20. The van der Waals surface area contributed by atoms with Crippen LogP contribution in [0.3, 0.4) is 0 Å². The van der Waals surface area contributed by atoms with Crippen molar-refractivity contribution in [3.05, 3.63) is 59.7 Å². The molecule has 2 rings (SSSR count). The van der Waals surface area contributed by atoms with E-state index in [1.165, 1.54) is 14.2 Å². The molecule has 8 heteroatoms. The van der Waals surface area contributed by atoms with Crippen molar-refractivity contribution in [3.8, 4) is 11.5 Å². The molecule has 0 spiro atoms. The topological polar surface area (TPSA) is 117 Å². The monoisotopic (exact) mass is 500 g/mol. The first-order chi connectivity index (χ1) is 17.0. The van der Waals surface area contributed by atoms with E-state index >= 15 is 0 Å². The first-order valence-corrected chi connectivity index (χ1v) is 12.3. The van der Waals surface area contributed by atoms with E-state index in [0.717, 1.165) is 0 Å². The number of hydrogen-bond donors (Lipinski definition) is 4. The number of methoxy groups -OCH3 is 2. The first-order valence-electron chi connectivity index (χ1n) is 12.3. The number of benzene rings is 2. The minimum absolute atomic E-state index is 0.136. The molecule has 2 amide bonds. The van der Waals surface area contributed by atoms with E-state index in [4.69, 9.17) is 9.47 Å². The molecule has 36 heavy (non-hydrogen) atoms. The van der Waals surface area contributed by atoms with Gasteiger partial charge in [0, 0.05) is 11.1 Å². The van der Waals surface area contributed by atoms with Crippen molar-refractivity contribution in [2.24, 2.45) is 11.8 Å². The average Bonchev–Trinajstić information content (AvgIpc) is 2.86. The summed E-state index contributed by atoms with van der Waals surface area (Å²) in [7, 11) is 3.04. The lowest BCUT2D eigenvalue weighted by Crippen LogP contribution is -2.56. The Hall–Kier alpha value is -3.10. The Morgan fingerprint density at radius 2 is 1.08 bits per heavy atom. The molecule has 0 aliphatic heterocycles. The second-order valence-corrected chi connectivity index (χ2v) is 9.86. The summed E-state index contributed by atoms with van der Waals surface area (Å²) < 4.78 is 10.4. The highest BCUT2D eigenvalue weighted by Gasteiger charge is 2.35. The Morgan fingerprint density at radius 1 is 0.722 bits per heavy atom. The summed E-state index contributed by atoms with van der Waals surface area (Å²) in [6, 6.07) is 12.0. The van der Waals surface area contributed by atoms with Crippen molar-refractivity contribution in [3.63, 3.8) is 0 Å². The van der Waals surface area contributed by atoms with Crippen LogP contribution in [0.5, 0.6) is 11.5 Å². The summed E-state index contributed by atoms with van der Waals surface area (Å²) in [5.41, 5.74) is 0.768. The Labute approximate surface area is 214 Å². The zero-order valence-corrected chi connectivity index (χ0v) is 22.0. The van der Waals surface area contributed by atoms with Crippen LogP contribution < -0.4 is 20.1 Å². The van der Waals surface area contributed by atoms with E-state index < -0.39 is 24.3 Å². The van der Waals surface area contributed by atoms with Gasteiger partial charge in [-0.15, -0.1) is 0 Å². The number of ether oxygens (including phenoxy) is 2. The van der Waals surface area contributed by atoms with Crippen LogP contribution in [0.25, 0.3) is 0 Å². The fourth-order valence-corrected chi connectivity index (χ4v) is 4.09. The molecule has 2 aromatic carbocycles. The molecular formula is C28H40N2O6. The molecule has 0 aliphatic rings. The molecule has 0 saturated carbocycles. The second-order valence-electron chi connectivity index (χ2n) is 9.86. The van der Waals surface area contributed by atoms with Crippen molar-refractivity contribution in [2.45, 2.75) is 64.8 Å². The van der Waals surface area contributed by atoms with Gasteiger partial charge in [0.2, 0.25) is 0 Å². The summed E-state index contributed by atoms with van der Waals surface area (Å²) in [5, 5.41) is 28.2. The zero-order chi connectivity index (χ0) is 26.8. The molecule has 0 aromatic heterocycles. The molecule has 0 heterocycles. The van der Waals surface area contributed by atoms with Crippen LogP contribution in [0, 0.1) is 11.8 Å².